The molecule has 240 valence electrons. The predicted octanol–water partition coefficient (Wildman–Crippen LogP) is 5.21. The molecule has 3 aromatic heterocycles. The molecule has 5 heterocycles. The molecule has 0 radical (unpaired) electrons. The van der Waals surface area contributed by atoms with E-state index in [1.807, 2.05) is 36.2 Å². The Morgan fingerprint density at radius 3 is 2.64 bits per heavy atom. The van der Waals surface area contributed by atoms with Gasteiger partial charge in [-0.05, 0) is 85.5 Å². The first-order valence-corrected chi connectivity index (χ1v) is 16.5. The number of pyridine rings is 1. The molecule has 2 aliphatic heterocycles. The monoisotopic (exact) mass is 630 g/mol. The van der Waals surface area contributed by atoms with Crippen molar-refractivity contribution in [1.29, 1.82) is 0 Å². The molecule has 2 bridgehead atoms. The second-order valence-corrected chi connectivity index (χ2v) is 13.8. The zero-order valence-electron chi connectivity index (χ0n) is 26.9. The lowest BCUT2D eigenvalue weighted by molar-refractivity contribution is 0.0700. The van der Waals surface area contributed by atoms with Gasteiger partial charge in [-0.3, -0.25) is 4.79 Å². The second kappa shape index (κ2) is 10.3. The number of aryl methyl sites for hydroxylation is 1. The van der Waals surface area contributed by atoms with Crippen LogP contribution >= 0.6 is 0 Å². The molecule has 2 saturated carbocycles. The van der Waals surface area contributed by atoms with Crippen LogP contribution < -0.4 is 15.8 Å². The number of nitrogens with two attached hydrogens (primary N) is 1. The molecular weight excluding hydrogens is 592 g/mol. The number of methoxy groups -OCH3 is 1. The number of aromatic nitrogens is 4. The second-order valence-electron chi connectivity index (χ2n) is 13.8. The molecule has 2 aliphatic carbocycles. The molecule has 9 rings (SSSR count). The van der Waals surface area contributed by atoms with Crippen LogP contribution in [0.4, 0.5) is 10.5 Å². The van der Waals surface area contributed by atoms with E-state index in [1.54, 1.807) is 19.1 Å². The number of hydrogen-bond donors (Lipinski definition) is 2. The molecule has 3 N–H and O–H groups in total. The molecule has 47 heavy (non-hydrogen) atoms. The van der Waals surface area contributed by atoms with Crippen LogP contribution in [-0.4, -0.2) is 73.6 Å². The Bertz CT molecular complexity index is 2130. The average molecular weight is 631 g/mol. The van der Waals surface area contributed by atoms with Gasteiger partial charge in [0.1, 0.15) is 16.9 Å². The number of carbonyl (C=O) groups is 2. The summed E-state index contributed by atoms with van der Waals surface area (Å²) >= 11 is 0. The Morgan fingerprint density at radius 1 is 1.04 bits per heavy atom. The van der Waals surface area contributed by atoms with Crippen LogP contribution in [0.1, 0.15) is 41.6 Å². The highest BCUT2D eigenvalue weighted by atomic mass is 16.5. The topological polar surface area (TPSA) is 124 Å². The summed E-state index contributed by atoms with van der Waals surface area (Å²) in [7, 11) is 5.45. The maximum absolute atomic E-state index is 13.8. The maximum Gasteiger partial charge on any atom is 0.321 e. The Kier molecular flexibility index (Phi) is 6.21. The van der Waals surface area contributed by atoms with Crippen molar-refractivity contribution in [1.82, 2.24) is 28.9 Å². The molecular formula is C36H38N8O3. The summed E-state index contributed by atoms with van der Waals surface area (Å²) in [6.07, 6.45) is 4.46. The van der Waals surface area contributed by atoms with Crippen LogP contribution in [0.15, 0.2) is 48.5 Å². The minimum absolute atomic E-state index is 0.00386. The molecule has 2 aromatic carbocycles. The molecule has 5 aromatic rings. The number of benzene rings is 2. The largest absolute Gasteiger partial charge is 0.494 e. The van der Waals surface area contributed by atoms with Gasteiger partial charge in [-0.15, -0.1) is 0 Å². The number of likely N-dealkylation sites (tertiary alicyclic amines) is 1. The number of anilines is 1. The lowest BCUT2D eigenvalue weighted by Gasteiger charge is -2.27. The molecule has 3 amide bonds. The minimum atomic E-state index is -0.0965. The van der Waals surface area contributed by atoms with Gasteiger partial charge in [0.2, 0.25) is 0 Å². The molecule has 11 heteroatoms. The van der Waals surface area contributed by atoms with E-state index in [1.165, 1.54) is 12.8 Å². The van der Waals surface area contributed by atoms with Crippen molar-refractivity contribution >= 4 is 39.7 Å². The summed E-state index contributed by atoms with van der Waals surface area (Å²) in [5.74, 6) is 2.41. The summed E-state index contributed by atoms with van der Waals surface area (Å²) in [6, 6.07) is 16.3. The Morgan fingerprint density at radius 2 is 1.89 bits per heavy atom. The Labute approximate surface area is 272 Å². The predicted molar refractivity (Wildman–Crippen MR) is 180 cm³/mol. The smallest absolute Gasteiger partial charge is 0.321 e. The van der Waals surface area contributed by atoms with E-state index in [0.29, 0.717) is 36.2 Å². The third-order valence-electron chi connectivity index (χ3n) is 10.8. The van der Waals surface area contributed by atoms with Gasteiger partial charge in [-0.1, -0.05) is 6.07 Å². The van der Waals surface area contributed by atoms with Crippen LogP contribution in [-0.2, 0) is 20.1 Å². The van der Waals surface area contributed by atoms with Gasteiger partial charge in [0, 0.05) is 68.0 Å². The zero-order valence-corrected chi connectivity index (χ0v) is 26.9. The molecule has 0 spiro atoms. The number of hydrogen-bond acceptors (Lipinski definition) is 6. The standard InChI is InChI=1S/C36H38N8O3/c1-41-17-24-12-20(6-9-26(24)40-36(41)46)25-10-7-21-14-29(43(33(21)38-25)16-19-4-5-19)34-39-27-13-23(15-30(47-3)32(27)42(34)2)35(45)44-18-22-8-11-28(44)31(22)37/h6-7,9-10,12-15,19,22,28,31H,4-5,8,11,16-18,37H2,1-3H3,(H,40,46)/t22?,28?,31-/m1/s1. The number of imidazole rings is 1. The van der Waals surface area contributed by atoms with Gasteiger partial charge in [-0.25, -0.2) is 14.8 Å². The number of nitrogens with zero attached hydrogens (tertiary/aromatic N) is 6. The molecule has 11 nitrogen and oxygen atoms in total. The number of carbonyl (C=O) groups excluding carboxylic acids is 2. The number of urea groups is 1. The van der Waals surface area contributed by atoms with E-state index < -0.39 is 0 Å². The molecule has 3 atom stereocenters. The van der Waals surface area contributed by atoms with Crippen molar-refractivity contribution in [2.24, 2.45) is 24.6 Å². The highest BCUT2D eigenvalue weighted by molar-refractivity contribution is 6.00. The lowest BCUT2D eigenvalue weighted by Crippen LogP contribution is -2.41. The lowest BCUT2D eigenvalue weighted by atomic mass is 10.0. The fourth-order valence-corrected chi connectivity index (χ4v) is 8.03. The fraction of sp³-hybridized carbons (Fsp3) is 0.389. The average Bonchev–Trinajstić information content (AvgIpc) is 3.48. The third kappa shape index (κ3) is 4.43. The van der Waals surface area contributed by atoms with Crippen molar-refractivity contribution < 1.29 is 14.3 Å². The van der Waals surface area contributed by atoms with Crippen molar-refractivity contribution in [3.8, 4) is 28.5 Å². The summed E-state index contributed by atoms with van der Waals surface area (Å²) in [5.41, 5.74) is 14.3. The Hall–Kier alpha value is -4.90. The first-order chi connectivity index (χ1) is 22.8. The number of rotatable bonds is 6. The van der Waals surface area contributed by atoms with Crippen LogP contribution in [0.2, 0.25) is 0 Å². The summed E-state index contributed by atoms with van der Waals surface area (Å²) in [6.45, 7) is 2.13. The van der Waals surface area contributed by atoms with E-state index in [9.17, 15) is 9.59 Å². The third-order valence-corrected chi connectivity index (χ3v) is 10.8. The van der Waals surface area contributed by atoms with Crippen LogP contribution in [0, 0.1) is 11.8 Å². The number of fused-ring (bicyclic) bond motifs is 5. The van der Waals surface area contributed by atoms with Crippen molar-refractivity contribution in [2.45, 2.75) is 50.9 Å². The van der Waals surface area contributed by atoms with Crippen molar-refractivity contribution in [3.63, 3.8) is 0 Å². The number of piperidine rings is 1. The summed E-state index contributed by atoms with van der Waals surface area (Å²) in [5, 5.41) is 4.00. The quantitative estimate of drug-likeness (QED) is 0.265. The number of nitrogens with one attached hydrogen (secondary N) is 1. The van der Waals surface area contributed by atoms with Gasteiger partial charge in [0.15, 0.2) is 5.82 Å². The van der Waals surface area contributed by atoms with Crippen LogP contribution in [0.3, 0.4) is 0 Å². The maximum atomic E-state index is 13.8. The highest BCUT2D eigenvalue weighted by Gasteiger charge is 2.47. The number of ether oxygens (including phenoxy) is 1. The SMILES string of the molecule is COc1cc(C(=O)N2CC3CCC2[C@@H]3N)cc2nc(-c3cc4ccc(-c5ccc6c(c5)CN(C)C(=O)N6)nc4n3CC3CC3)n(C)c12. The first kappa shape index (κ1) is 28.3. The molecule has 2 unspecified atom stereocenters. The molecule has 3 fully saturated rings. The van der Waals surface area contributed by atoms with E-state index in [-0.39, 0.29) is 24.0 Å². The summed E-state index contributed by atoms with van der Waals surface area (Å²) in [4.78, 5) is 39.9. The minimum Gasteiger partial charge on any atom is -0.494 e. The van der Waals surface area contributed by atoms with E-state index in [4.69, 9.17) is 20.4 Å². The Balaban J connectivity index is 1.13. The highest BCUT2D eigenvalue weighted by Crippen LogP contribution is 2.40. The van der Waals surface area contributed by atoms with Gasteiger partial charge in [0.05, 0.1) is 24.0 Å². The van der Waals surface area contributed by atoms with Gasteiger partial charge in [-0.2, -0.15) is 0 Å². The first-order valence-electron chi connectivity index (χ1n) is 16.5. The van der Waals surface area contributed by atoms with Gasteiger partial charge >= 0.3 is 6.03 Å². The van der Waals surface area contributed by atoms with Crippen LogP contribution in [0.25, 0.3) is 44.8 Å². The van der Waals surface area contributed by atoms with E-state index in [2.05, 4.69) is 38.7 Å². The van der Waals surface area contributed by atoms with Gasteiger partial charge < -0.3 is 34.7 Å². The van der Waals surface area contributed by atoms with E-state index in [0.717, 1.165) is 75.5 Å². The van der Waals surface area contributed by atoms with E-state index >= 15 is 0 Å². The van der Waals surface area contributed by atoms with Crippen molar-refractivity contribution in [2.75, 3.05) is 26.0 Å². The van der Waals surface area contributed by atoms with Crippen molar-refractivity contribution in [3.05, 3.63) is 59.7 Å². The van der Waals surface area contributed by atoms with Crippen LogP contribution in [0.5, 0.6) is 5.75 Å². The fourth-order valence-electron chi connectivity index (χ4n) is 8.03. The van der Waals surface area contributed by atoms with Gasteiger partial charge in [0.25, 0.3) is 5.91 Å². The normalized spacial score (nSPS) is 22.0. The zero-order chi connectivity index (χ0) is 32.1. The molecule has 4 aliphatic rings. The molecule has 1 saturated heterocycles. The number of amides is 3. The summed E-state index contributed by atoms with van der Waals surface area (Å²) < 4.78 is 10.3.